The average molecular weight is 334 g/mol. The van der Waals surface area contributed by atoms with Gasteiger partial charge in [-0.05, 0) is 40.5 Å². The number of halogens is 1. The van der Waals surface area contributed by atoms with E-state index in [1.807, 2.05) is 0 Å². The minimum absolute atomic E-state index is 0.0609. The predicted octanol–water partition coefficient (Wildman–Crippen LogP) is 2.43. The van der Waals surface area contributed by atoms with E-state index in [0.717, 1.165) is 0 Å². The van der Waals surface area contributed by atoms with Gasteiger partial charge in [-0.3, -0.25) is 4.79 Å². The van der Waals surface area contributed by atoms with Crippen molar-refractivity contribution in [2.45, 2.75) is 19.8 Å². The lowest BCUT2D eigenvalue weighted by Crippen LogP contribution is -2.10. The lowest BCUT2D eigenvalue weighted by atomic mass is 10.1. The molecule has 1 rings (SSSR count). The van der Waals surface area contributed by atoms with Crippen molar-refractivity contribution in [2.75, 3.05) is 17.2 Å². The molecule has 0 aromatic heterocycles. The zero-order valence-electron chi connectivity index (χ0n) is 10.1. The zero-order valence-corrected chi connectivity index (χ0v) is 12.6. The van der Waals surface area contributed by atoms with Crippen molar-refractivity contribution < 1.29 is 13.2 Å². The van der Waals surface area contributed by atoms with Crippen LogP contribution in [0.2, 0.25) is 0 Å². The van der Waals surface area contributed by atoms with E-state index in [1.165, 1.54) is 0 Å². The number of carbonyl (C=O) groups excluding carboxylic acids is 1. The van der Waals surface area contributed by atoms with Crippen LogP contribution in [0, 0.1) is 0 Å². The van der Waals surface area contributed by atoms with Crippen LogP contribution in [-0.4, -0.2) is 25.7 Å². The van der Waals surface area contributed by atoms with E-state index >= 15 is 0 Å². The molecule has 1 aromatic carbocycles. The number of hydrogen-bond donors (Lipinski definition) is 1. The maximum atomic E-state index is 11.8. The zero-order chi connectivity index (χ0) is 13.8. The molecule has 0 aliphatic rings. The van der Waals surface area contributed by atoms with Gasteiger partial charge >= 0.3 is 0 Å². The van der Waals surface area contributed by atoms with Gasteiger partial charge in [-0.1, -0.05) is 6.92 Å². The van der Waals surface area contributed by atoms with Crippen molar-refractivity contribution in [1.29, 1.82) is 0 Å². The van der Waals surface area contributed by atoms with Crippen LogP contribution in [0.15, 0.2) is 22.7 Å². The summed E-state index contributed by atoms with van der Waals surface area (Å²) in [5.41, 5.74) is 6.74. The number of Topliss-reactive ketones (excluding diaryl/α,β-unsaturated/α-hetero) is 1. The van der Waals surface area contributed by atoms with E-state index in [-0.39, 0.29) is 23.7 Å². The van der Waals surface area contributed by atoms with Crippen molar-refractivity contribution >= 4 is 37.2 Å². The molecular weight excluding hydrogens is 318 g/mol. The molecule has 0 amide bonds. The summed E-state index contributed by atoms with van der Waals surface area (Å²) in [5, 5.41) is 0. The van der Waals surface area contributed by atoms with Gasteiger partial charge in [0.2, 0.25) is 0 Å². The van der Waals surface area contributed by atoms with Gasteiger partial charge in [0.25, 0.3) is 0 Å². The van der Waals surface area contributed by atoms with Gasteiger partial charge in [-0.2, -0.15) is 0 Å². The van der Waals surface area contributed by atoms with Crippen LogP contribution >= 0.6 is 15.9 Å². The largest absolute Gasteiger partial charge is 0.398 e. The predicted molar refractivity (Wildman–Crippen MR) is 76.4 cm³/mol. The first kappa shape index (κ1) is 15.2. The number of benzene rings is 1. The summed E-state index contributed by atoms with van der Waals surface area (Å²) in [6.07, 6.45) is 0.590. The third-order valence-corrected chi connectivity index (χ3v) is 5.10. The van der Waals surface area contributed by atoms with Gasteiger partial charge < -0.3 is 5.73 Å². The van der Waals surface area contributed by atoms with E-state index in [4.69, 9.17) is 5.73 Å². The number of carbonyl (C=O) groups is 1. The summed E-state index contributed by atoms with van der Waals surface area (Å²) in [7, 11) is -2.99. The molecule has 0 heterocycles. The molecular formula is C12H16BrNO3S. The SMILES string of the molecule is CCS(=O)(=O)CCCC(=O)c1ccc(N)c(Br)c1. The highest BCUT2D eigenvalue weighted by Crippen LogP contribution is 2.21. The lowest BCUT2D eigenvalue weighted by molar-refractivity contribution is 0.0982. The first-order chi connectivity index (χ1) is 8.35. The molecule has 0 atom stereocenters. The van der Waals surface area contributed by atoms with E-state index in [2.05, 4.69) is 15.9 Å². The summed E-state index contributed by atoms with van der Waals surface area (Å²) >= 11 is 3.25. The molecule has 0 unspecified atom stereocenters. The molecule has 100 valence electrons. The Balaban J connectivity index is 2.58. The Labute approximate surface area is 116 Å². The topological polar surface area (TPSA) is 77.2 Å². The summed E-state index contributed by atoms with van der Waals surface area (Å²) < 4.78 is 23.2. The van der Waals surface area contributed by atoms with E-state index in [0.29, 0.717) is 22.1 Å². The Bertz CT molecular complexity index is 540. The van der Waals surface area contributed by atoms with Gasteiger partial charge in [0.1, 0.15) is 9.84 Å². The molecule has 0 saturated heterocycles. The first-order valence-corrected chi connectivity index (χ1v) is 8.26. The molecule has 0 aliphatic carbocycles. The van der Waals surface area contributed by atoms with Crippen LogP contribution in [0.25, 0.3) is 0 Å². The summed E-state index contributed by atoms with van der Waals surface area (Å²) in [6.45, 7) is 1.61. The smallest absolute Gasteiger partial charge is 0.162 e. The number of hydrogen-bond acceptors (Lipinski definition) is 4. The number of rotatable bonds is 6. The summed E-state index contributed by atoms with van der Waals surface area (Å²) in [5.74, 6) is 0.113. The molecule has 0 spiro atoms. The van der Waals surface area contributed by atoms with Gasteiger partial charge in [0, 0.05) is 27.9 Å². The molecule has 4 nitrogen and oxygen atoms in total. The number of sulfone groups is 1. The van der Waals surface area contributed by atoms with Crippen LogP contribution < -0.4 is 5.73 Å². The van der Waals surface area contributed by atoms with Crippen LogP contribution in [0.4, 0.5) is 5.69 Å². The molecule has 0 bridgehead atoms. The molecule has 0 fully saturated rings. The maximum absolute atomic E-state index is 11.8. The van der Waals surface area contributed by atoms with Crippen LogP contribution in [0.3, 0.4) is 0 Å². The first-order valence-electron chi connectivity index (χ1n) is 5.64. The molecule has 0 radical (unpaired) electrons. The van der Waals surface area contributed by atoms with Crippen molar-refractivity contribution in [2.24, 2.45) is 0 Å². The van der Waals surface area contributed by atoms with Crippen molar-refractivity contribution in [1.82, 2.24) is 0 Å². The Morgan fingerprint density at radius 1 is 1.39 bits per heavy atom. The molecule has 0 saturated carbocycles. The number of ketones is 1. The minimum atomic E-state index is -2.99. The quantitative estimate of drug-likeness (QED) is 0.640. The van der Waals surface area contributed by atoms with E-state index in [9.17, 15) is 13.2 Å². The fourth-order valence-corrected chi connectivity index (χ4v) is 2.69. The molecule has 1 aromatic rings. The van der Waals surface area contributed by atoms with Crippen LogP contribution in [0.5, 0.6) is 0 Å². The standard InChI is InChI=1S/C12H16BrNO3S/c1-2-18(16,17)7-3-4-12(15)9-5-6-11(14)10(13)8-9/h5-6,8H,2-4,7,14H2,1H3. The third-order valence-electron chi connectivity index (χ3n) is 2.62. The number of nitrogen functional groups attached to an aromatic ring is 1. The molecule has 6 heteroatoms. The van der Waals surface area contributed by atoms with Gasteiger partial charge in [0.05, 0.1) is 5.75 Å². The minimum Gasteiger partial charge on any atom is -0.398 e. The van der Waals surface area contributed by atoms with Crippen molar-refractivity contribution in [3.05, 3.63) is 28.2 Å². The van der Waals surface area contributed by atoms with Gasteiger partial charge in [-0.25, -0.2) is 8.42 Å². The highest BCUT2D eigenvalue weighted by atomic mass is 79.9. The van der Waals surface area contributed by atoms with E-state index in [1.54, 1.807) is 25.1 Å². The Kier molecular flexibility index (Phi) is 5.34. The van der Waals surface area contributed by atoms with Crippen molar-refractivity contribution in [3.8, 4) is 0 Å². The maximum Gasteiger partial charge on any atom is 0.162 e. The second-order valence-corrected chi connectivity index (χ2v) is 7.33. The Morgan fingerprint density at radius 2 is 2.06 bits per heavy atom. The highest BCUT2D eigenvalue weighted by molar-refractivity contribution is 9.10. The van der Waals surface area contributed by atoms with E-state index < -0.39 is 9.84 Å². The normalized spacial score (nSPS) is 11.4. The Hall–Kier alpha value is -0.880. The fourth-order valence-electron chi connectivity index (χ4n) is 1.44. The summed E-state index contributed by atoms with van der Waals surface area (Å²) in [4.78, 5) is 11.8. The highest BCUT2D eigenvalue weighted by Gasteiger charge is 2.11. The molecule has 0 aliphatic heterocycles. The summed E-state index contributed by atoms with van der Waals surface area (Å²) in [6, 6.07) is 4.96. The Morgan fingerprint density at radius 3 is 2.61 bits per heavy atom. The monoisotopic (exact) mass is 333 g/mol. The second kappa shape index (κ2) is 6.33. The van der Waals surface area contributed by atoms with Crippen LogP contribution in [0.1, 0.15) is 30.1 Å². The third kappa shape index (κ3) is 4.42. The van der Waals surface area contributed by atoms with Crippen molar-refractivity contribution in [3.63, 3.8) is 0 Å². The van der Waals surface area contributed by atoms with Gasteiger partial charge in [-0.15, -0.1) is 0 Å². The molecule has 2 N–H and O–H groups in total. The fraction of sp³-hybridized carbons (Fsp3) is 0.417. The van der Waals surface area contributed by atoms with Crippen LogP contribution in [-0.2, 0) is 9.84 Å². The second-order valence-electron chi connectivity index (χ2n) is 4.00. The lowest BCUT2D eigenvalue weighted by Gasteiger charge is -2.04. The molecule has 18 heavy (non-hydrogen) atoms. The average Bonchev–Trinajstić information content (AvgIpc) is 2.32. The van der Waals surface area contributed by atoms with Gasteiger partial charge in [0.15, 0.2) is 5.78 Å². The number of nitrogens with two attached hydrogens (primary N) is 1. The number of anilines is 1.